The lowest BCUT2D eigenvalue weighted by molar-refractivity contribution is -0.242. The lowest BCUT2D eigenvalue weighted by Gasteiger charge is -2.37. The molecule has 10 nitrogen and oxygen atoms in total. The monoisotopic (exact) mass is 472 g/mol. The Morgan fingerprint density at radius 3 is 2.06 bits per heavy atom. The second kappa shape index (κ2) is 10.8. The molecule has 0 amide bonds. The molecule has 0 unspecified atom stereocenters. The first kappa shape index (κ1) is 26.1. The molecule has 33 heavy (non-hydrogen) atoms. The van der Waals surface area contributed by atoms with Crippen LogP contribution in [0.3, 0.4) is 0 Å². The number of esters is 2. The van der Waals surface area contributed by atoms with Crippen LogP contribution in [0.2, 0.25) is 0 Å². The quantitative estimate of drug-likeness (QED) is 0.203. The zero-order chi connectivity index (χ0) is 24.2. The van der Waals surface area contributed by atoms with E-state index in [9.17, 15) is 9.59 Å². The molecular weight excluding hydrogens is 436 g/mol. The van der Waals surface area contributed by atoms with Crippen LogP contribution in [0.25, 0.3) is 0 Å². The van der Waals surface area contributed by atoms with E-state index < -0.39 is 41.8 Å². The number of fused-ring (bicyclic) bond motifs is 3. The fourth-order valence-electron chi connectivity index (χ4n) is 4.15. The lowest BCUT2D eigenvalue weighted by atomic mass is 9.99. The summed E-state index contributed by atoms with van der Waals surface area (Å²) in [5.74, 6) is -3.73. The minimum atomic E-state index is -0.991. The molecule has 0 N–H and O–H groups in total. The van der Waals surface area contributed by atoms with Gasteiger partial charge in [-0.05, 0) is 48.0 Å². The maximum atomic E-state index is 12.0. The van der Waals surface area contributed by atoms with Gasteiger partial charge in [-0.3, -0.25) is 9.59 Å². The van der Waals surface area contributed by atoms with Crippen LogP contribution < -0.4 is 0 Å². The molecule has 3 rings (SSSR count). The van der Waals surface area contributed by atoms with Gasteiger partial charge in [-0.15, -0.1) is 0 Å². The summed E-state index contributed by atoms with van der Waals surface area (Å²) in [5.41, 5.74) is 0. The molecule has 0 saturated carbocycles. The van der Waals surface area contributed by atoms with Crippen molar-refractivity contribution in [2.24, 2.45) is 5.92 Å². The topological polar surface area (TPSA) is 108 Å². The van der Waals surface area contributed by atoms with Crippen LogP contribution >= 0.6 is 0 Å². The van der Waals surface area contributed by atoms with Crippen molar-refractivity contribution in [1.29, 1.82) is 0 Å². The van der Waals surface area contributed by atoms with Gasteiger partial charge in [0.2, 0.25) is 0 Å². The smallest absolute Gasteiger partial charge is 0.320 e. The Labute approximate surface area is 194 Å². The lowest BCUT2D eigenvalue weighted by Crippen LogP contribution is -2.56. The molecule has 3 heterocycles. The number of ether oxygens (including phenoxy) is 8. The van der Waals surface area contributed by atoms with Crippen molar-refractivity contribution in [3.05, 3.63) is 12.2 Å². The number of carbonyl (C=O) groups is 2. The van der Waals surface area contributed by atoms with Gasteiger partial charge in [-0.25, -0.2) is 0 Å². The first-order chi connectivity index (χ1) is 15.6. The summed E-state index contributed by atoms with van der Waals surface area (Å²) >= 11 is 0. The fourth-order valence-corrected chi connectivity index (χ4v) is 4.15. The maximum absolute atomic E-state index is 12.0. The van der Waals surface area contributed by atoms with Crippen molar-refractivity contribution < 1.29 is 47.5 Å². The zero-order valence-corrected chi connectivity index (χ0v) is 20.2. The highest BCUT2D eigenvalue weighted by Gasteiger charge is 2.60. The van der Waals surface area contributed by atoms with Gasteiger partial charge in [0.25, 0.3) is 0 Å². The molecule has 3 fully saturated rings. The Balaban J connectivity index is 1.51. The first-order valence-corrected chi connectivity index (χ1v) is 11.5. The zero-order valence-electron chi connectivity index (χ0n) is 20.2. The van der Waals surface area contributed by atoms with Crippen molar-refractivity contribution >= 4 is 11.9 Å². The minimum absolute atomic E-state index is 0.167. The van der Waals surface area contributed by atoms with Gasteiger partial charge in [0, 0.05) is 0 Å². The van der Waals surface area contributed by atoms with E-state index in [1.165, 1.54) is 0 Å². The number of carbonyl (C=O) groups excluding carboxylic acids is 2. The van der Waals surface area contributed by atoms with Crippen LogP contribution in [-0.2, 0) is 47.5 Å². The molecule has 0 aromatic heterocycles. The average molecular weight is 473 g/mol. The normalized spacial score (nSPS) is 32.0. The molecule has 3 saturated heterocycles. The highest BCUT2D eigenvalue weighted by atomic mass is 16.9. The van der Waals surface area contributed by atoms with E-state index in [0.29, 0.717) is 0 Å². The van der Waals surface area contributed by atoms with Gasteiger partial charge in [-0.1, -0.05) is 12.2 Å². The van der Waals surface area contributed by atoms with Crippen molar-refractivity contribution in [2.45, 2.75) is 90.2 Å². The molecule has 0 aromatic carbocycles. The highest BCUT2D eigenvalue weighted by Crippen LogP contribution is 2.44. The largest absolute Gasteiger partial charge is 0.465 e. The summed E-state index contributed by atoms with van der Waals surface area (Å²) < 4.78 is 45.8. The Morgan fingerprint density at radius 1 is 0.848 bits per heavy atom. The molecule has 0 aliphatic carbocycles. The van der Waals surface area contributed by atoms with E-state index in [4.69, 9.17) is 37.9 Å². The van der Waals surface area contributed by atoms with E-state index in [-0.39, 0.29) is 51.2 Å². The van der Waals surface area contributed by atoms with Crippen molar-refractivity contribution in [3.63, 3.8) is 0 Å². The van der Waals surface area contributed by atoms with Gasteiger partial charge >= 0.3 is 11.9 Å². The predicted molar refractivity (Wildman–Crippen MR) is 114 cm³/mol. The Bertz CT molecular complexity index is 700. The number of allylic oxidation sites excluding steroid dienone is 1. The van der Waals surface area contributed by atoms with Crippen LogP contribution in [0, 0.1) is 5.92 Å². The number of rotatable bonds is 10. The van der Waals surface area contributed by atoms with E-state index in [1.54, 1.807) is 26.0 Å². The van der Waals surface area contributed by atoms with Gasteiger partial charge in [0.15, 0.2) is 23.8 Å². The summed E-state index contributed by atoms with van der Waals surface area (Å²) in [4.78, 5) is 24.1. The summed E-state index contributed by atoms with van der Waals surface area (Å²) in [7, 11) is 0. The number of hydrogen-bond acceptors (Lipinski definition) is 10. The van der Waals surface area contributed by atoms with Crippen molar-refractivity contribution in [1.82, 2.24) is 0 Å². The van der Waals surface area contributed by atoms with Crippen molar-refractivity contribution in [2.75, 3.05) is 26.4 Å². The Morgan fingerprint density at radius 2 is 1.42 bits per heavy atom. The summed E-state index contributed by atoms with van der Waals surface area (Å²) in [6.07, 6.45) is 1.55. The maximum Gasteiger partial charge on any atom is 0.320 e. The van der Waals surface area contributed by atoms with Crippen molar-refractivity contribution in [3.8, 4) is 0 Å². The van der Waals surface area contributed by atoms with E-state index in [1.807, 2.05) is 27.7 Å². The molecule has 0 bridgehead atoms. The molecule has 0 aromatic rings. The Kier molecular flexibility index (Phi) is 8.52. The summed E-state index contributed by atoms with van der Waals surface area (Å²) in [6, 6.07) is 0. The fraction of sp³-hybridized carbons (Fsp3) is 0.826. The number of hydrogen-bond donors (Lipinski definition) is 0. The Hall–Kier alpha value is -1.56. The summed E-state index contributed by atoms with van der Waals surface area (Å²) in [6.45, 7) is 11.6. The molecule has 0 spiro atoms. The van der Waals surface area contributed by atoms with Gasteiger partial charge in [0.05, 0.1) is 26.4 Å². The molecular formula is C23H36O10. The molecule has 3 aliphatic heterocycles. The molecule has 0 radical (unpaired) electrons. The van der Waals surface area contributed by atoms with E-state index >= 15 is 0 Å². The van der Waals surface area contributed by atoms with Crippen LogP contribution in [0.4, 0.5) is 0 Å². The third-order valence-corrected chi connectivity index (χ3v) is 5.43. The van der Waals surface area contributed by atoms with Gasteiger partial charge in [0.1, 0.15) is 24.4 Å². The third-order valence-electron chi connectivity index (χ3n) is 5.43. The van der Waals surface area contributed by atoms with Crippen LogP contribution in [-0.4, -0.2) is 80.6 Å². The van der Waals surface area contributed by atoms with Gasteiger partial charge in [-0.2, -0.15) is 0 Å². The molecule has 3 aliphatic rings. The molecule has 188 valence electrons. The van der Waals surface area contributed by atoms with Crippen LogP contribution in [0.15, 0.2) is 12.2 Å². The van der Waals surface area contributed by atoms with E-state index in [0.717, 1.165) is 0 Å². The standard InChI is InChI=1S/C23H36O10/c1-7-27-19(24)14(20(25)28-8-2)11-9-10-12-26-13-15-16-17(31-22(3,4)30-16)18-21(29-15)33-23(5,6)32-18/h9-10,14-18,21H,7-8,11-13H2,1-6H3/b10-9+/t15-,16+,17+,18-,21-/m1/s1. The second-order valence-corrected chi connectivity index (χ2v) is 9.01. The van der Waals surface area contributed by atoms with Crippen LogP contribution in [0.5, 0.6) is 0 Å². The molecule has 5 atom stereocenters. The predicted octanol–water partition coefficient (Wildman–Crippen LogP) is 2.09. The first-order valence-electron chi connectivity index (χ1n) is 11.5. The summed E-state index contributed by atoms with van der Waals surface area (Å²) in [5, 5.41) is 0. The van der Waals surface area contributed by atoms with Crippen LogP contribution in [0.1, 0.15) is 48.0 Å². The van der Waals surface area contributed by atoms with E-state index in [2.05, 4.69) is 0 Å². The SMILES string of the molecule is CCOC(=O)C(C/C=C/COC[C@H]1O[C@@H]2OC(C)(C)O[C@@H]2[C@H]2OC(C)(C)O[C@H]21)C(=O)OCC. The second-order valence-electron chi connectivity index (χ2n) is 9.01. The highest BCUT2D eigenvalue weighted by molar-refractivity contribution is 5.95. The third kappa shape index (κ3) is 6.52. The van der Waals surface area contributed by atoms with Gasteiger partial charge < -0.3 is 37.9 Å². The minimum Gasteiger partial charge on any atom is -0.465 e. The molecule has 10 heteroatoms. The average Bonchev–Trinajstić information content (AvgIpc) is 3.21.